The van der Waals surface area contributed by atoms with E-state index >= 15 is 0 Å². The SMILES string of the molecule is CC(CO)CCCNC1CCc2cc(Cl)ccc21. The lowest BCUT2D eigenvalue weighted by atomic mass is 10.1. The van der Waals surface area contributed by atoms with Gasteiger partial charge in [0.15, 0.2) is 0 Å². The number of nitrogens with one attached hydrogen (secondary N) is 1. The number of hydrogen-bond acceptors (Lipinski definition) is 2. The Morgan fingerprint density at radius 3 is 3.11 bits per heavy atom. The minimum Gasteiger partial charge on any atom is -0.396 e. The topological polar surface area (TPSA) is 32.3 Å². The van der Waals surface area contributed by atoms with Crippen LogP contribution in [0.5, 0.6) is 0 Å². The molecule has 0 saturated carbocycles. The molecule has 0 heterocycles. The summed E-state index contributed by atoms with van der Waals surface area (Å²) < 4.78 is 0. The minimum absolute atomic E-state index is 0.296. The average molecular weight is 268 g/mol. The van der Waals surface area contributed by atoms with Gasteiger partial charge in [-0.15, -0.1) is 0 Å². The van der Waals surface area contributed by atoms with E-state index in [4.69, 9.17) is 16.7 Å². The van der Waals surface area contributed by atoms with Crippen molar-refractivity contribution in [2.45, 2.75) is 38.6 Å². The molecule has 2 rings (SSSR count). The van der Waals surface area contributed by atoms with E-state index in [2.05, 4.69) is 24.4 Å². The second-order valence-electron chi connectivity index (χ2n) is 5.32. The normalized spacial score (nSPS) is 19.8. The number of rotatable bonds is 6. The molecular formula is C15H22ClNO. The van der Waals surface area contributed by atoms with E-state index in [9.17, 15) is 0 Å². The fourth-order valence-electron chi connectivity index (χ4n) is 2.62. The predicted molar refractivity (Wildman–Crippen MR) is 76.0 cm³/mol. The quantitative estimate of drug-likeness (QED) is 0.775. The lowest BCUT2D eigenvalue weighted by Crippen LogP contribution is -2.21. The Balaban J connectivity index is 1.79. The van der Waals surface area contributed by atoms with Gasteiger partial charge in [-0.05, 0) is 61.4 Å². The van der Waals surface area contributed by atoms with Crippen LogP contribution in [0, 0.1) is 5.92 Å². The zero-order chi connectivity index (χ0) is 13.0. The van der Waals surface area contributed by atoms with Crippen LogP contribution in [0.1, 0.15) is 43.4 Å². The molecule has 2 N–H and O–H groups in total. The predicted octanol–water partition coefficient (Wildman–Crippen LogP) is 3.33. The first kappa shape index (κ1) is 13.9. The van der Waals surface area contributed by atoms with Crippen LogP contribution < -0.4 is 5.32 Å². The summed E-state index contributed by atoms with van der Waals surface area (Å²) in [7, 11) is 0. The van der Waals surface area contributed by atoms with Crippen molar-refractivity contribution in [3.63, 3.8) is 0 Å². The second kappa shape index (κ2) is 6.55. The maximum Gasteiger partial charge on any atom is 0.0456 e. The van der Waals surface area contributed by atoms with Gasteiger partial charge in [-0.25, -0.2) is 0 Å². The van der Waals surface area contributed by atoms with Gasteiger partial charge >= 0.3 is 0 Å². The van der Waals surface area contributed by atoms with E-state index in [1.165, 1.54) is 17.5 Å². The van der Waals surface area contributed by atoms with Gasteiger partial charge in [0.25, 0.3) is 0 Å². The molecule has 0 amide bonds. The lowest BCUT2D eigenvalue weighted by molar-refractivity contribution is 0.227. The van der Waals surface area contributed by atoms with Crippen LogP contribution in [-0.2, 0) is 6.42 Å². The molecule has 1 aromatic carbocycles. The van der Waals surface area contributed by atoms with Crippen LogP contribution in [-0.4, -0.2) is 18.3 Å². The largest absolute Gasteiger partial charge is 0.396 e. The maximum atomic E-state index is 8.97. The molecule has 0 saturated heterocycles. The van der Waals surface area contributed by atoms with Crippen molar-refractivity contribution in [2.75, 3.05) is 13.2 Å². The molecule has 3 heteroatoms. The van der Waals surface area contributed by atoms with Crippen molar-refractivity contribution < 1.29 is 5.11 Å². The molecule has 2 unspecified atom stereocenters. The molecule has 1 aliphatic rings. The molecule has 2 nitrogen and oxygen atoms in total. The summed E-state index contributed by atoms with van der Waals surface area (Å²) in [4.78, 5) is 0. The third-order valence-corrected chi connectivity index (χ3v) is 3.99. The molecule has 1 aromatic rings. The van der Waals surface area contributed by atoms with E-state index in [-0.39, 0.29) is 0 Å². The van der Waals surface area contributed by atoms with Crippen molar-refractivity contribution in [3.05, 3.63) is 34.3 Å². The Kier molecular flexibility index (Phi) is 5.04. The van der Waals surface area contributed by atoms with Crippen LogP contribution in [0.15, 0.2) is 18.2 Å². The molecule has 0 radical (unpaired) electrons. The number of hydrogen-bond donors (Lipinski definition) is 2. The van der Waals surface area contributed by atoms with Crippen LogP contribution in [0.3, 0.4) is 0 Å². The molecule has 0 spiro atoms. The van der Waals surface area contributed by atoms with Crippen molar-refractivity contribution in [3.8, 4) is 0 Å². The molecule has 0 aliphatic heterocycles. The van der Waals surface area contributed by atoms with Gasteiger partial charge in [0.2, 0.25) is 0 Å². The third-order valence-electron chi connectivity index (χ3n) is 3.76. The first-order valence-electron chi connectivity index (χ1n) is 6.83. The molecule has 0 aromatic heterocycles. The molecule has 2 atom stereocenters. The van der Waals surface area contributed by atoms with Crippen molar-refractivity contribution >= 4 is 11.6 Å². The first-order valence-corrected chi connectivity index (χ1v) is 7.21. The van der Waals surface area contributed by atoms with Gasteiger partial charge in [0.05, 0.1) is 0 Å². The van der Waals surface area contributed by atoms with Gasteiger partial charge in [-0.2, -0.15) is 0 Å². The Hall–Kier alpha value is -0.570. The summed E-state index contributed by atoms with van der Waals surface area (Å²) in [6.07, 6.45) is 4.51. The Morgan fingerprint density at radius 1 is 1.50 bits per heavy atom. The minimum atomic E-state index is 0.296. The molecule has 1 aliphatic carbocycles. The van der Waals surface area contributed by atoms with E-state index in [0.29, 0.717) is 18.6 Å². The summed E-state index contributed by atoms with van der Waals surface area (Å²) in [6, 6.07) is 6.71. The van der Waals surface area contributed by atoms with E-state index in [0.717, 1.165) is 30.8 Å². The van der Waals surface area contributed by atoms with E-state index < -0.39 is 0 Å². The highest BCUT2D eigenvalue weighted by Gasteiger charge is 2.21. The van der Waals surface area contributed by atoms with Crippen LogP contribution in [0.25, 0.3) is 0 Å². The van der Waals surface area contributed by atoms with Gasteiger partial charge in [0.1, 0.15) is 0 Å². The highest BCUT2D eigenvalue weighted by atomic mass is 35.5. The molecular weight excluding hydrogens is 246 g/mol. The Bertz CT molecular complexity index is 394. The number of fused-ring (bicyclic) bond motifs is 1. The maximum absolute atomic E-state index is 8.97. The van der Waals surface area contributed by atoms with Crippen molar-refractivity contribution in [1.82, 2.24) is 5.32 Å². The highest BCUT2D eigenvalue weighted by Crippen LogP contribution is 2.32. The van der Waals surface area contributed by atoms with E-state index in [1.54, 1.807) is 0 Å². The van der Waals surface area contributed by atoms with Crippen molar-refractivity contribution in [2.24, 2.45) is 5.92 Å². The van der Waals surface area contributed by atoms with Gasteiger partial charge in [-0.3, -0.25) is 0 Å². The van der Waals surface area contributed by atoms with E-state index in [1.807, 2.05) is 6.07 Å². The van der Waals surface area contributed by atoms with Gasteiger partial charge < -0.3 is 10.4 Å². The molecule has 0 fully saturated rings. The monoisotopic (exact) mass is 267 g/mol. The van der Waals surface area contributed by atoms with Crippen LogP contribution in [0.2, 0.25) is 5.02 Å². The first-order chi connectivity index (χ1) is 8.70. The summed E-state index contributed by atoms with van der Waals surface area (Å²) in [5.74, 6) is 0.418. The van der Waals surface area contributed by atoms with Gasteiger partial charge in [0, 0.05) is 17.7 Å². The van der Waals surface area contributed by atoms with Crippen LogP contribution >= 0.6 is 11.6 Å². The number of halogens is 1. The summed E-state index contributed by atoms with van der Waals surface area (Å²) in [6.45, 7) is 3.41. The third kappa shape index (κ3) is 3.47. The molecule has 0 bridgehead atoms. The van der Waals surface area contributed by atoms with Gasteiger partial charge in [-0.1, -0.05) is 24.6 Å². The zero-order valence-electron chi connectivity index (χ0n) is 11.0. The summed E-state index contributed by atoms with van der Waals surface area (Å²) in [5, 5.41) is 13.4. The number of aliphatic hydroxyl groups excluding tert-OH is 1. The number of benzene rings is 1. The van der Waals surface area contributed by atoms with Crippen LogP contribution in [0.4, 0.5) is 0 Å². The second-order valence-corrected chi connectivity index (χ2v) is 5.75. The van der Waals surface area contributed by atoms with Crippen molar-refractivity contribution in [1.29, 1.82) is 0 Å². The Morgan fingerprint density at radius 2 is 2.33 bits per heavy atom. The smallest absolute Gasteiger partial charge is 0.0456 e. The molecule has 18 heavy (non-hydrogen) atoms. The summed E-state index contributed by atoms with van der Waals surface area (Å²) in [5.41, 5.74) is 2.80. The Labute approximate surface area is 114 Å². The average Bonchev–Trinajstić information content (AvgIpc) is 2.76. The fourth-order valence-corrected chi connectivity index (χ4v) is 2.81. The lowest BCUT2D eigenvalue weighted by Gasteiger charge is -2.15. The number of aryl methyl sites for hydroxylation is 1. The summed E-state index contributed by atoms with van der Waals surface area (Å²) >= 11 is 6.00. The fraction of sp³-hybridized carbons (Fsp3) is 0.600. The number of aliphatic hydroxyl groups is 1. The standard InChI is InChI=1S/C15H22ClNO/c1-11(10-18)3-2-8-17-15-7-4-12-9-13(16)5-6-14(12)15/h5-6,9,11,15,17-18H,2-4,7-8,10H2,1H3. The zero-order valence-corrected chi connectivity index (χ0v) is 11.7. The molecule has 100 valence electrons. The highest BCUT2D eigenvalue weighted by molar-refractivity contribution is 6.30.